The molecule has 0 atom stereocenters. The zero-order valence-corrected chi connectivity index (χ0v) is 11.7. The van der Waals surface area contributed by atoms with Gasteiger partial charge in [-0.25, -0.2) is 9.37 Å². The Kier molecular flexibility index (Phi) is 3.74. The predicted molar refractivity (Wildman–Crippen MR) is 75.8 cm³/mol. The van der Waals surface area contributed by atoms with Crippen LogP contribution in [0.25, 0.3) is 11.0 Å². The summed E-state index contributed by atoms with van der Waals surface area (Å²) in [6.45, 7) is 0.847. The highest BCUT2D eigenvalue weighted by Gasteiger charge is 2.19. The zero-order valence-electron chi connectivity index (χ0n) is 10.9. The van der Waals surface area contributed by atoms with Crippen LogP contribution in [0.3, 0.4) is 0 Å². The normalized spacial score (nSPS) is 17.2. The smallest absolute Gasteiger partial charge is 0.149 e. The van der Waals surface area contributed by atoms with Gasteiger partial charge in [0.2, 0.25) is 0 Å². The SMILES string of the molecule is Fc1cccc2nc(CCl)n(CC3CCCCC3)c12. The van der Waals surface area contributed by atoms with Gasteiger partial charge in [0.05, 0.1) is 11.4 Å². The molecule has 1 fully saturated rings. The van der Waals surface area contributed by atoms with Gasteiger partial charge in [0, 0.05) is 6.54 Å². The van der Waals surface area contributed by atoms with Gasteiger partial charge in [-0.2, -0.15) is 0 Å². The Morgan fingerprint density at radius 1 is 1.26 bits per heavy atom. The maximum Gasteiger partial charge on any atom is 0.149 e. The predicted octanol–water partition coefficient (Wildman–Crippen LogP) is 4.49. The standard InChI is InChI=1S/C15H18ClFN2/c16-9-14-18-13-8-4-7-12(17)15(13)19(14)10-11-5-2-1-3-6-11/h4,7-8,11H,1-3,5-6,9-10H2. The summed E-state index contributed by atoms with van der Waals surface area (Å²) in [7, 11) is 0. The average molecular weight is 281 g/mol. The van der Waals surface area contributed by atoms with E-state index in [0.717, 1.165) is 12.4 Å². The monoisotopic (exact) mass is 280 g/mol. The first-order valence-corrected chi connectivity index (χ1v) is 7.52. The van der Waals surface area contributed by atoms with Crippen molar-refractivity contribution in [3.8, 4) is 0 Å². The number of halogens is 2. The lowest BCUT2D eigenvalue weighted by atomic mass is 9.89. The lowest BCUT2D eigenvalue weighted by molar-refractivity contribution is 0.319. The molecule has 0 aliphatic heterocycles. The Bertz CT molecular complexity index is 573. The Morgan fingerprint density at radius 3 is 2.79 bits per heavy atom. The Balaban J connectivity index is 2.00. The quantitative estimate of drug-likeness (QED) is 0.757. The van der Waals surface area contributed by atoms with E-state index in [0.29, 0.717) is 22.8 Å². The van der Waals surface area contributed by atoms with Crippen LogP contribution in [0.2, 0.25) is 0 Å². The van der Waals surface area contributed by atoms with E-state index in [1.54, 1.807) is 6.07 Å². The Morgan fingerprint density at radius 2 is 2.05 bits per heavy atom. The third kappa shape index (κ3) is 2.48. The molecule has 1 aromatic heterocycles. The molecule has 4 heteroatoms. The maximum atomic E-state index is 14.0. The van der Waals surface area contributed by atoms with E-state index in [1.165, 1.54) is 38.2 Å². The third-order valence-electron chi connectivity index (χ3n) is 4.08. The molecule has 0 amide bonds. The number of rotatable bonds is 3. The van der Waals surface area contributed by atoms with E-state index in [4.69, 9.17) is 11.6 Å². The molecular weight excluding hydrogens is 263 g/mol. The highest BCUT2D eigenvalue weighted by Crippen LogP contribution is 2.28. The number of nitrogens with zero attached hydrogens (tertiary/aromatic N) is 2. The van der Waals surface area contributed by atoms with E-state index in [9.17, 15) is 4.39 Å². The van der Waals surface area contributed by atoms with Crippen molar-refractivity contribution in [3.05, 3.63) is 29.8 Å². The van der Waals surface area contributed by atoms with Gasteiger partial charge in [-0.05, 0) is 30.9 Å². The molecule has 1 aromatic carbocycles. The molecule has 3 rings (SSSR count). The first-order valence-electron chi connectivity index (χ1n) is 6.99. The molecule has 0 bridgehead atoms. The number of aromatic nitrogens is 2. The Labute approximate surface area is 117 Å². The summed E-state index contributed by atoms with van der Waals surface area (Å²) in [4.78, 5) is 4.45. The minimum atomic E-state index is -0.197. The fourth-order valence-corrected chi connectivity index (χ4v) is 3.32. The second-order valence-electron chi connectivity index (χ2n) is 5.38. The number of fused-ring (bicyclic) bond motifs is 1. The summed E-state index contributed by atoms with van der Waals surface area (Å²) in [6.07, 6.45) is 6.37. The first-order chi connectivity index (χ1) is 9.29. The van der Waals surface area contributed by atoms with Crippen LogP contribution in [0.4, 0.5) is 4.39 Å². The van der Waals surface area contributed by atoms with Gasteiger partial charge in [-0.1, -0.05) is 25.3 Å². The largest absolute Gasteiger partial charge is 0.324 e. The average Bonchev–Trinajstić information content (AvgIpc) is 2.79. The van der Waals surface area contributed by atoms with Crippen LogP contribution in [0, 0.1) is 11.7 Å². The molecule has 0 unspecified atom stereocenters. The van der Waals surface area contributed by atoms with Crippen molar-refractivity contribution in [1.29, 1.82) is 0 Å². The maximum absolute atomic E-state index is 14.0. The van der Waals surface area contributed by atoms with Crippen molar-refractivity contribution in [2.45, 2.75) is 44.5 Å². The molecular formula is C15H18ClFN2. The molecule has 1 aliphatic carbocycles. The lowest BCUT2D eigenvalue weighted by Crippen LogP contribution is -2.16. The van der Waals surface area contributed by atoms with Gasteiger partial charge in [0.15, 0.2) is 0 Å². The summed E-state index contributed by atoms with van der Waals surface area (Å²) in [6, 6.07) is 5.05. The van der Waals surface area contributed by atoms with E-state index in [1.807, 2.05) is 10.6 Å². The van der Waals surface area contributed by atoms with Crippen LogP contribution in [0.1, 0.15) is 37.9 Å². The van der Waals surface area contributed by atoms with Gasteiger partial charge in [-0.15, -0.1) is 11.6 Å². The zero-order chi connectivity index (χ0) is 13.2. The summed E-state index contributed by atoms with van der Waals surface area (Å²) in [5.74, 6) is 1.55. The molecule has 2 nitrogen and oxygen atoms in total. The van der Waals surface area contributed by atoms with E-state index in [2.05, 4.69) is 4.98 Å². The van der Waals surface area contributed by atoms with Crippen molar-refractivity contribution in [2.75, 3.05) is 0 Å². The summed E-state index contributed by atoms with van der Waals surface area (Å²) >= 11 is 5.97. The topological polar surface area (TPSA) is 17.8 Å². The fourth-order valence-electron chi connectivity index (χ4n) is 3.12. The number of imidazole rings is 1. The van der Waals surface area contributed by atoms with Crippen LogP contribution in [0.5, 0.6) is 0 Å². The van der Waals surface area contributed by atoms with Crippen LogP contribution < -0.4 is 0 Å². The second kappa shape index (κ2) is 5.49. The molecule has 0 N–H and O–H groups in total. The van der Waals surface area contributed by atoms with Crippen LogP contribution in [-0.2, 0) is 12.4 Å². The second-order valence-corrected chi connectivity index (χ2v) is 5.65. The molecule has 0 spiro atoms. The van der Waals surface area contributed by atoms with Crippen LogP contribution in [-0.4, -0.2) is 9.55 Å². The van der Waals surface area contributed by atoms with Gasteiger partial charge in [0.1, 0.15) is 17.2 Å². The number of para-hydroxylation sites is 1. The molecule has 102 valence electrons. The molecule has 0 saturated heterocycles. The molecule has 1 aliphatic rings. The Hall–Kier alpha value is -1.09. The highest BCUT2D eigenvalue weighted by atomic mass is 35.5. The number of hydrogen-bond acceptors (Lipinski definition) is 1. The molecule has 0 radical (unpaired) electrons. The highest BCUT2D eigenvalue weighted by molar-refractivity contribution is 6.16. The van der Waals surface area contributed by atoms with Gasteiger partial charge < -0.3 is 4.57 Å². The van der Waals surface area contributed by atoms with Crippen molar-refractivity contribution < 1.29 is 4.39 Å². The van der Waals surface area contributed by atoms with E-state index in [-0.39, 0.29) is 5.82 Å². The minimum Gasteiger partial charge on any atom is -0.324 e. The lowest BCUT2D eigenvalue weighted by Gasteiger charge is -2.23. The van der Waals surface area contributed by atoms with E-state index >= 15 is 0 Å². The number of hydrogen-bond donors (Lipinski definition) is 0. The van der Waals surface area contributed by atoms with Crippen LogP contribution >= 0.6 is 11.6 Å². The summed E-state index contributed by atoms with van der Waals surface area (Å²) in [5, 5.41) is 0. The van der Waals surface area contributed by atoms with Gasteiger partial charge >= 0.3 is 0 Å². The van der Waals surface area contributed by atoms with Crippen molar-refractivity contribution >= 4 is 22.6 Å². The van der Waals surface area contributed by atoms with Gasteiger partial charge in [0.25, 0.3) is 0 Å². The molecule has 2 aromatic rings. The molecule has 19 heavy (non-hydrogen) atoms. The van der Waals surface area contributed by atoms with E-state index < -0.39 is 0 Å². The minimum absolute atomic E-state index is 0.197. The number of alkyl halides is 1. The molecule has 1 saturated carbocycles. The van der Waals surface area contributed by atoms with Gasteiger partial charge in [-0.3, -0.25) is 0 Å². The molecule has 1 heterocycles. The van der Waals surface area contributed by atoms with Crippen LogP contribution in [0.15, 0.2) is 18.2 Å². The number of benzene rings is 1. The van der Waals surface area contributed by atoms with Crippen molar-refractivity contribution in [1.82, 2.24) is 9.55 Å². The fraction of sp³-hybridized carbons (Fsp3) is 0.533. The van der Waals surface area contributed by atoms with Crippen molar-refractivity contribution in [3.63, 3.8) is 0 Å². The summed E-state index contributed by atoms with van der Waals surface area (Å²) in [5.41, 5.74) is 1.33. The summed E-state index contributed by atoms with van der Waals surface area (Å²) < 4.78 is 16.0. The third-order valence-corrected chi connectivity index (χ3v) is 4.32. The first kappa shape index (κ1) is 12.9. The van der Waals surface area contributed by atoms with Crippen molar-refractivity contribution in [2.24, 2.45) is 5.92 Å².